The molecule has 0 aliphatic rings. The molecule has 0 fully saturated rings. The van der Waals surface area contributed by atoms with E-state index in [1.165, 1.54) is 0 Å². The Morgan fingerprint density at radius 3 is 2.49 bits per heavy atom. The van der Waals surface area contributed by atoms with Crippen molar-refractivity contribution in [3.05, 3.63) is 125 Å². The van der Waals surface area contributed by atoms with Crippen molar-refractivity contribution in [2.75, 3.05) is 0 Å². The Bertz CT molecular complexity index is 1770. The topological polar surface area (TPSA) is 64.7 Å². The maximum Gasteiger partial charge on any atom is 0.344 e. The van der Waals surface area contributed by atoms with E-state index in [0.29, 0.717) is 22.8 Å². The van der Waals surface area contributed by atoms with E-state index in [2.05, 4.69) is 25.9 Å². The first kappa shape index (κ1) is 22.9. The molecule has 6 aromatic rings. The molecule has 5 nitrogen and oxygen atoms in total. The zero-order chi connectivity index (χ0) is 25.2. The van der Waals surface area contributed by atoms with Gasteiger partial charge in [0.25, 0.3) is 0 Å². The van der Waals surface area contributed by atoms with Gasteiger partial charge >= 0.3 is 5.97 Å². The maximum atomic E-state index is 12.8. The fraction of sp³-hybridized carbons (Fsp3) is 0. The average Bonchev–Trinajstić information content (AvgIpc) is 3.36. The van der Waals surface area contributed by atoms with Gasteiger partial charge in [0.2, 0.25) is 5.89 Å². The molecule has 0 saturated carbocycles. The van der Waals surface area contributed by atoms with Gasteiger partial charge in [-0.2, -0.15) is 0 Å². The first-order valence-corrected chi connectivity index (χ1v) is 12.4. The van der Waals surface area contributed by atoms with Gasteiger partial charge in [0, 0.05) is 16.3 Å². The minimum absolute atomic E-state index is 0.387. The molecule has 0 atom stereocenters. The highest BCUT2D eigenvalue weighted by Crippen LogP contribution is 2.28. The van der Waals surface area contributed by atoms with Gasteiger partial charge in [-0.1, -0.05) is 52.3 Å². The third-order valence-electron chi connectivity index (χ3n) is 5.93. The van der Waals surface area contributed by atoms with Crippen molar-refractivity contribution in [2.24, 2.45) is 4.99 Å². The van der Waals surface area contributed by atoms with Crippen LogP contribution in [0.3, 0.4) is 0 Å². The summed E-state index contributed by atoms with van der Waals surface area (Å²) in [6.45, 7) is 0. The Balaban J connectivity index is 1.16. The highest BCUT2D eigenvalue weighted by Gasteiger charge is 2.12. The summed E-state index contributed by atoms with van der Waals surface area (Å²) in [4.78, 5) is 22.0. The van der Waals surface area contributed by atoms with E-state index in [1.807, 2.05) is 91.0 Å². The number of benzene rings is 5. The van der Waals surface area contributed by atoms with Crippen LogP contribution in [0.5, 0.6) is 5.75 Å². The molecule has 0 aliphatic heterocycles. The molecule has 0 bridgehead atoms. The number of esters is 1. The van der Waals surface area contributed by atoms with Crippen LogP contribution in [0.2, 0.25) is 0 Å². The second kappa shape index (κ2) is 9.84. The third kappa shape index (κ3) is 4.92. The van der Waals surface area contributed by atoms with Crippen molar-refractivity contribution in [1.29, 1.82) is 0 Å². The Morgan fingerprint density at radius 2 is 1.65 bits per heavy atom. The van der Waals surface area contributed by atoms with Crippen LogP contribution in [-0.4, -0.2) is 17.2 Å². The summed E-state index contributed by atoms with van der Waals surface area (Å²) < 4.78 is 12.5. The van der Waals surface area contributed by atoms with Crippen LogP contribution in [0.25, 0.3) is 33.3 Å². The lowest BCUT2D eigenvalue weighted by Crippen LogP contribution is -2.09. The predicted molar refractivity (Wildman–Crippen MR) is 150 cm³/mol. The number of nitrogens with zero attached hydrogens (tertiary/aromatic N) is 2. The molecule has 6 heteroatoms. The van der Waals surface area contributed by atoms with E-state index >= 15 is 0 Å². The summed E-state index contributed by atoms with van der Waals surface area (Å²) in [7, 11) is 0. The standard InChI is InChI=1S/C31H19BrN2O3/c32-23-12-10-22(11-13-23)30-34-28-18-24(14-17-29(28)37-30)33-19-20-8-15-25(16-9-20)36-31(35)27-7-3-5-21-4-1-2-6-26(21)27/h1-19H. The van der Waals surface area contributed by atoms with Gasteiger partial charge in [0.1, 0.15) is 11.3 Å². The quantitative estimate of drug-likeness (QED) is 0.124. The summed E-state index contributed by atoms with van der Waals surface area (Å²) in [6, 6.07) is 34.1. The van der Waals surface area contributed by atoms with E-state index in [9.17, 15) is 4.79 Å². The second-order valence-corrected chi connectivity index (χ2v) is 9.34. The predicted octanol–water partition coefficient (Wildman–Crippen LogP) is 8.38. The van der Waals surface area contributed by atoms with Crippen molar-refractivity contribution < 1.29 is 13.9 Å². The van der Waals surface area contributed by atoms with E-state index < -0.39 is 0 Å². The first-order valence-electron chi connectivity index (χ1n) is 11.6. The van der Waals surface area contributed by atoms with Crippen LogP contribution in [0, 0.1) is 0 Å². The number of hydrogen-bond donors (Lipinski definition) is 0. The smallest absolute Gasteiger partial charge is 0.344 e. The molecule has 0 N–H and O–H groups in total. The zero-order valence-electron chi connectivity index (χ0n) is 19.5. The summed E-state index contributed by atoms with van der Waals surface area (Å²) in [5.41, 5.74) is 4.52. The summed E-state index contributed by atoms with van der Waals surface area (Å²) in [5.74, 6) is 0.651. The number of oxazole rings is 1. The molecule has 0 saturated heterocycles. The van der Waals surface area contributed by atoms with E-state index in [4.69, 9.17) is 9.15 Å². The maximum absolute atomic E-state index is 12.8. The minimum atomic E-state index is -0.387. The van der Waals surface area contributed by atoms with Gasteiger partial charge in [0.15, 0.2) is 5.58 Å². The molecule has 1 aromatic heterocycles. The average molecular weight is 547 g/mol. The summed E-state index contributed by atoms with van der Waals surface area (Å²) in [6.07, 6.45) is 1.76. The fourth-order valence-electron chi connectivity index (χ4n) is 4.05. The number of hydrogen-bond acceptors (Lipinski definition) is 5. The van der Waals surface area contributed by atoms with Crippen LogP contribution >= 0.6 is 15.9 Å². The third-order valence-corrected chi connectivity index (χ3v) is 6.45. The Kier molecular flexibility index (Phi) is 6.08. The van der Waals surface area contributed by atoms with Crippen molar-refractivity contribution in [3.8, 4) is 17.2 Å². The van der Waals surface area contributed by atoms with Gasteiger partial charge in [-0.3, -0.25) is 4.99 Å². The summed E-state index contributed by atoms with van der Waals surface area (Å²) in [5, 5.41) is 1.86. The number of aliphatic imine (C=N–C) groups is 1. The molecule has 178 valence electrons. The molecule has 1 heterocycles. The highest BCUT2D eigenvalue weighted by atomic mass is 79.9. The Labute approximate surface area is 221 Å². The monoisotopic (exact) mass is 546 g/mol. The fourth-order valence-corrected chi connectivity index (χ4v) is 4.31. The Morgan fingerprint density at radius 1 is 0.865 bits per heavy atom. The van der Waals surface area contributed by atoms with Crippen molar-refractivity contribution in [1.82, 2.24) is 4.98 Å². The minimum Gasteiger partial charge on any atom is -0.436 e. The Hall–Kier alpha value is -4.55. The van der Waals surface area contributed by atoms with Crippen molar-refractivity contribution >= 4 is 55.7 Å². The van der Waals surface area contributed by atoms with Gasteiger partial charge in [0.05, 0.1) is 11.3 Å². The van der Waals surface area contributed by atoms with Crippen LogP contribution < -0.4 is 4.74 Å². The molecule has 6 rings (SSSR count). The number of carbonyl (C=O) groups is 1. The lowest BCUT2D eigenvalue weighted by molar-refractivity contribution is 0.0737. The molecular weight excluding hydrogens is 528 g/mol. The highest BCUT2D eigenvalue weighted by molar-refractivity contribution is 9.10. The first-order chi connectivity index (χ1) is 18.1. The molecule has 0 unspecified atom stereocenters. The van der Waals surface area contributed by atoms with Crippen LogP contribution in [0.4, 0.5) is 5.69 Å². The van der Waals surface area contributed by atoms with Gasteiger partial charge in [-0.05, 0) is 89.1 Å². The van der Waals surface area contributed by atoms with E-state index in [-0.39, 0.29) is 5.97 Å². The normalized spacial score (nSPS) is 11.4. The lowest BCUT2D eigenvalue weighted by atomic mass is 10.0. The van der Waals surface area contributed by atoms with Crippen molar-refractivity contribution in [2.45, 2.75) is 0 Å². The molecular formula is C31H19BrN2O3. The number of carbonyl (C=O) groups excluding carboxylic acids is 1. The van der Waals surface area contributed by atoms with Gasteiger partial charge < -0.3 is 9.15 Å². The lowest BCUT2D eigenvalue weighted by Gasteiger charge is -2.07. The molecule has 0 aliphatic carbocycles. The molecule has 0 spiro atoms. The SMILES string of the molecule is O=C(Oc1ccc(C=Nc2ccc3oc(-c4ccc(Br)cc4)nc3c2)cc1)c1cccc2ccccc12. The van der Waals surface area contributed by atoms with E-state index in [1.54, 1.807) is 24.4 Å². The second-order valence-electron chi connectivity index (χ2n) is 8.42. The number of halogens is 1. The van der Waals surface area contributed by atoms with Gasteiger partial charge in [-0.15, -0.1) is 0 Å². The van der Waals surface area contributed by atoms with E-state index in [0.717, 1.165) is 37.6 Å². The van der Waals surface area contributed by atoms with Crippen LogP contribution in [0.1, 0.15) is 15.9 Å². The number of aromatic nitrogens is 1. The largest absolute Gasteiger partial charge is 0.436 e. The number of fused-ring (bicyclic) bond motifs is 2. The molecule has 5 aromatic carbocycles. The number of ether oxygens (including phenoxy) is 1. The molecule has 0 amide bonds. The number of rotatable bonds is 5. The van der Waals surface area contributed by atoms with Gasteiger partial charge in [-0.25, -0.2) is 9.78 Å². The summed E-state index contributed by atoms with van der Waals surface area (Å²) >= 11 is 3.44. The van der Waals surface area contributed by atoms with Crippen molar-refractivity contribution in [3.63, 3.8) is 0 Å². The van der Waals surface area contributed by atoms with Crippen LogP contribution in [0.15, 0.2) is 123 Å². The molecule has 37 heavy (non-hydrogen) atoms. The van der Waals surface area contributed by atoms with Crippen LogP contribution in [-0.2, 0) is 0 Å². The molecule has 0 radical (unpaired) electrons. The zero-order valence-corrected chi connectivity index (χ0v) is 21.1.